The molecule has 0 fully saturated rings. The van der Waals surface area contributed by atoms with Crippen LogP contribution in [0.4, 0.5) is 0 Å². The van der Waals surface area contributed by atoms with Crippen LogP contribution >= 0.6 is 0 Å². The first kappa shape index (κ1) is 17.7. The van der Waals surface area contributed by atoms with Gasteiger partial charge in [0.05, 0.1) is 6.26 Å². The highest BCUT2D eigenvalue weighted by Crippen LogP contribution is 2.08. The number of nitrogens with zero attached hydrogens (tertiary/aromatic N) is 1. The molecule has 0 aliphatic heterocycles. The fraction of sp³-hybridized carbons (Fsp3) is 0.533. The molecule has 1 N–H and O–H groups in total. The number of aryl methyl sites for hydroxylation is 1. The van der Waals surface area contributed by atoms with E-state index in [0.29, 0.717) is 12.1 Å². The van der Waals surface area contributed by atoms with E-state index in [1.807, 2.05) is 32.9 Å². The number of hydrogen-bond acceptors (Lipinski definition) is 3. The van der Waals surface area contributed by atoms with Gasteiger partial charge in [-0.05, 0) is 32.4 Å². The number of carbonyl (C=O) groups is 1. The van der Waals surface area contributed by atoms with Crippen molar-refractivity contribution < 1.29 is 13.2 Å². The molecule has 0 radical (unpaired) electrons. The second-order valence-corrected chi connectivity index (χ2v) is 7.19. The van der Waals surface area contributed by atoms with E-state index in [1.54, 1.807) is 12.1 Å². The molecule has 0 saturated carbocycles. The molecule has 1 rings (SSSR count). The lowest BCUT2D eigenvalue weighted by molar-refractivity contribution is 0.0950. The molecule has 1 amide bonds. The molecule has 21 heavy (non-hydrogen) atoms. The molecule has 118 valence electrons. The summed E-state index contributed by atoms with van der Waals surface area (Å²) >= 11 is 0. The van der Waals surface area contributed by atoms with Crippen molar-refractivity contribution in [1.29, 1.82) is 0 Å². The standard InChI is InChI=1S/C15H24N2O3S/c1-5-13(3)17(21(4,19)20)10-9-16-15(18)14-8-6-7-12(2)11-14/h6-8,11,13H,5,9-10H2,1-4H3,(H,16,18). The molecule has 0 heterocycles. The lowest BCUT2D eigenvalue weighted by Crippen LogP contribution is -2.42. The topological polar surface area (TPSA) is 66.5 Å². The maximum absolute atomic E-state index is 12.0. The third-order valence-electron chi connectivity index (χ3n) is 3.41. The zero-order chi connectivity index (χ0) is 16.0. The molecule has 1 aromatic rings. The fourth-order valence-electron chi connectivity index (χ4n) is 2.08. The Morgan fingerprint density at radius 3 is 2.57 bits per heavy atom. The van der Waals surface area contributed by atoms with Crippen molar-refractivity contribution in [1.82, 2.24) is 9.62 Å². The SMILES string of the molecule is CCC(C)N(CCNC(=O)c1cccc(C)c1)S(C)(=O)=O. The first-order valence-corrected chi connectivity index (χ1v) is 8.92. The molecular formula is C15H24N2O3S. The normalized spacial score (nSPS) is 13.2. The minimum atomic E-state index is -3.26. The number of carbonyl (C=O) groups excluding carboxylic acids is 1. The van der Waals surface area contributed by atoms with Crippen molar-refractivity contribution in [2.75, 3.05) is 19.3 Å². The fourth-order valence-corrected chi connectivity index (χ4v) is 3.31. The Kier molecular flexibility index (Phi) is 6.36. The highest BCUT2D eigenvalue weighted by Gasteiger charge is 2.21. The van der Waals surface area contributed by atoms with Gasteiger partial charge in [-0.1, -0.05) is 24.6 Å². The van der Waals surface area contributed by atoms with Gasteiger partial charge in [0.2, 0.25) is 10.0 Å². The Morgan fingerprint density at radius 1 is 1.38 bits per heavy atom. The predicted octanol–water partition coefficient (Wildman–Crippen LogP) is 1.78. The number of benzene rings is 1. The maximum Gasteiger partial charge on any atom is 0.251 e. The number of rotatable bonds is 7. The summed E-state index contributed by atoms with van der Waals surface area (Å²) < 4.78 is 24.9. The summed E-state index contributed by atoms with van der Waals surface area (Å²) in [6.45, 7) is 6.30. The summed E-state index contributed by atoms with van der Waals surface area (Å²) in [5.74, 6) is -0.184. The molecule has 5 nitrogen and oxygen atoms in total. The second-order valence-electron chi connectivity index (χ2n) is 5.26. The highest BCUT2D eigenvalue weighted by molar-refractivity contribution is 7.88. The van der Waals surface area contributed by atoms with E-state index in [1.165, 1.54) is 10.6 Å². The first-order valence-electron chi connectivity index (χ1n) is 7.07. The molecule has 0 bridgehead atoms. The summed E-state index contributed by atoms with van der Waals surface area (Å²) in [6.07, 6.45) is 1.93. The van der Waals surface area contributed by atoms with Gasteiger partial charge in [-0.15, -0.1) is 0 Å². The van der Waals surface area contributed by atoms with Gasteiger partial charge in [-0.3, -0.25) is 4.79 Å². The van der Waals surface area contributed by atoms with Crippen LogP contribution in [0.3, 0.4) is 0 Å². The van der Waals surface area contributed by atoms with Crippen LogP contribution in [0, 0.1) is 6.92 Å². The molecule has 0 aromatic heterocycles. The predicted molar refractivity (Wildman–Crippen MR) is 84.8 cm³/mol. The van der Waals surface area contributed by atoms with Crippen LogP contribution < -0.4 is 5.32 Å². The van der Waals surface area contributed by atoms with E-state index >= 15 is 0 Å². The van der Waals surface area contributed by atoms with Crippen LogP contribution in [0.25, 0.3) is 0 Å². The van der Waals surface area contributed by atoms with E-state index in [2.05, 4.69) is 5.32 Å². The Bertz CT molecular complexity index is 584. The van der Waals surface area contributed by atoms with Crippen LogP contribution in [0.15, 0.2) is 24.3 Å². The van der Waals surface area contributed by atoms with Gasteiger partial charge in [-0.2, -0.15) is 4.31 Å². The van der Waals surface area contributed by atoms with Crippen molar-refractivity contribution >= 4 is 15.9 Å². The third-order valence-corrected chi connectivity index (χ3v) is 4.80. The Morgan fingerprint density at radius 2 is 2.05 bits per heavy atom. The minimum Gasteiger partial charge on any atom is -0.351 e. The zero-order valence-corrected chi connectivity index (χ0v) is 13.9. The van der Waals surface area contributed by atoms with Crippen molar-refractivity contribution in [2.45, 2.75) is 33.2 Å². The minimum absolute atomic E-state index is 0.0733. The molecule has 0 saturated heterocycles. The van der Waals surface area contributed by atoms with Crippen LogP contribution in [0.1, 0.15) is 36.2 Å². The summed E-state index contributed by atoms with van der Waals surface area (Å²) in [4.78, 5) is 12.0. The second kappa shape index (κ2) is 7.56. The highest BCUT2D eigenvalue weighted by atomic mass is 32.2. The monoisotopic (exact) mass is 312 g/mol. The Hall–Kier alpha value is -1.40. The number of amides is 1. The van der Waals surface area contributed by atoms with Crippen LogP contribution in [-0.4, -0.2) is 44.0 Å². The van der Waals surface area contributed by atoms with E-state index in [-0.39, 0.29) is 18.5 Å². The van der Waals surface area contributed by atoms with Gasteiger partial charge in [0.1, 0.15) is 0 Å². The van der Waals surface area contributed by atoms with E-state index in [9.17, 15) is 13.2 Å². The Labute approximate surface area is 127 Å². The quantitative estimate of drug-likeness (QED) is 0.834. The molecule has 0 aliphatic rings. The van der Waals surface area contributed by atoms with Gasteiger partial charge in [0.15, 0.2) is 0 Å². The molecule has 0 aliphatic carbocycles. The summed E-state index contributed by atoms with van der Waals surface area (Å²) in [5, 5.41) is 2.76. The molecular weight excluding hydrogens is 288 g/mol. The van der Waals surface area contributed by atoms with Crippen LogP contribution in [0.5, 0.6) is 0 Å². The van der Waals surface area contributed by atoms with Gasteiger partial charge < -0.3 is 5.32 Å². The van der Waals surface area contributed by atoms with Gasteiger partial charge in [0, 0.05) is 24.7 Å². The van der Waals surface area contributed by atoms with Crippen molar-refractivity contribution in [2.24, 2.45) is 0 Å². The average Bonchev–Trinajstić information content (AvgIpc) is 2.41. The summed E-state index contributed by atoms with van der Waals surface area (Å²) in [7, 11) is -3.26. The van der Waals surface area contributed by atoms with Crippen molar-refractivity contribution in [3.63, 3.8) is 0 Å². The zero-order valence-electron chi connectivity index (χ0n) is 13.1. The van der Waals surface area contributed by atoms with E-state index in [4.69, 9.17) is 0 Å². The van der Waals surface area contributed by atoms with E-state index in [0.717, 1.165) is 12.0 Å². The third kappa shape index (κ3) is 5.47. The smallest absolute Gasteiger partial charge is 0.251 e. The van der Waals surface area contributed by atoms with Gasteiger partial charge >= 0.3 is 0 Å². The van der Waals surface area contributed by atoms with Crippen molar-refractivity contribution in [3.8, 4) is 0 Å². The number of hydrogen-bond donors (Lipinski definition) is 1. The first-order chi connectivity index (χ1) is 9.75. The van der Waals surface area contributed by atoms with Crippen LogP contribution in [0.2, 0.25) is 0 Å². The van der Waals surface area contributed by atoms with E-state index < -0.39 is 10.0 Å². The van der Waals surface area contributed by atoms with Crippen LogP contribution in [-0.2, 0) is 10.0 Å². The number of sulfonamides is 1. The summed E-state index contributed by atoms with van der Waals surface area (Å²) in [5.41, 5.74) is 1.60. The van der Waals surface area contributed by atoms with Crippen molar-refractivity contribution in [3.05, 3.63) is 35.4 Å². The lowest BCUT2D eigenvalue weighted by Gasteiger charge is -2.25. The molecule has 6 heteroatoms. The summed E-state index contributed by atoms with van der Waals surface area (Å²) in [6, 6.07) is 7.22. The lowest BCUT2D eigenvalue weighted by atomic mass is 10.1. The van der Waals surface area contributed by atoms with Gasteiger partial charge in [-0.25, -0.2) is 8.42 Å². The molecule has 1 unspecified atom stereocenters. The number of nitrogens with one attached hydrogen (secondary N) is 1. The molecule has 0 spiro atoms. The maximum atomic E-state index is 12.0. The molecule has 1 aromatic carbocycles. The largest absolute Gasteiger partial charge is 0.351 e. The van der Waals surface area contributed by atoms with Gasteiger partial charge in [0.25, 0.3) is 5.91 Å². The average molecular weight is 312 g/mol. The molecule has 1 atom stereocenters. The Balaban J connectivity index is 2.60.